The molecule has 39 heavy (non-hydrogen) atoms. The van der Waals surface area contributed by atoms with Gasteiger partial charge in [0.1, 0.15) is 0 Å². The van der Waals surface area contributed by atoms with Crippen LogP contribution in [0.1, 0.15) is 22.3 Å². The number of hydrogen-bond acceptors (Lipinski definition) is 2. The molecule has 0 radical (unpaired) electrons. The molecule has 6 aromatic rings. The van der Waals surface area contributed by atoms with Gasteiger partial charge in [-0.1, -0.05) is 115 Å². The highest BCUT2D eigenvalue weighted by molar-refractivity contribution is 5.99. The van der Waals surface area contributed by atoms with E-state index in [0.717, 1.165) is 17.1 Å². The summed E-state index contributed by atoms with van der Waals surface area (Å²) in [4.78, 5) is 2.44. The Bertz CT molecular complexity index is 1790. The Balaban J connectivity index is 1.52. The van der Waals surface area contributed by atoms with Gasteiger partial charge in [0.15, 0.2) is 0 Å². The summed E-state index contributed by atoms with van der Waals surface area (Å²) in [6.45, 7) is 0. The van der Waals surface area contributed by atoms with Crippen LogP contribution >= 0.6 is 0 Å². The number of para-hydroxylation sites is 4. The Hall–Kier alpha value is -5.08. The third kappa shape index (κ3) is 3.03. The summed E-state index contributed by atoms with van der Waals surface area (Å²) in [5, 5.41) is 3.78. The van der Waals surface area contributed by atoms with Crippen molar-refractivity contribution >= 4 is 28.4 Å². The van der Waals surface area contributed by atoms with Crippen LogP contribution < -0.4 is 10.2 Å². The van der Waals surface area contributed by atoms with Gasteiger partial charge in [0.25, 0.3) is 0 Å². The Morgan fingerprint density at radius 2 is 0.974 bits per heavy atom. The Kier molecular flexibility index (Phi) is 4.77. The zero-order valence-corrected chi connectivity index (χ0v) is 21.4. The number of benzene rings is 6. The SMILES string of the molecule is c1ccc(Nc2cccc3c2N(c2ccccc2)c2ccccc2C32c3ccccc3-c3ccccc32)cc1. The lowest BCUT2D eigenvalue weighted by Crippen LogP contribution is -2.36. The molecule has 2 heteroatoms. The zero-order chi connectivity index (χ0) is 25.8. The number of nitrogens with one attached hydrogen (secondary N) is 1. The van der Waals surface area contributed by atoms with Gasteiger partial charge in [-0.05, 0) is 69.8 Å². The van der Waals surface area contributed by atoms with Crippen LogP contribution in [-0.2, 0) is 5.41 Å². The predicted octanol–water partition coefficient (Wildman–Crippen LogP) is 9.58. The molecular weight excluding hydrogens is 472 g/mol. The first-order chi connectivity index (χ1) is 19.4. The normalized spacial score (nSPS) is 13.8. The molecule has 0 aromatic heterocycles. The third-order valence-electron chi connectivity index (χ3n) is 8.23. The maximum Gasteiger partial charge on any atom is 0.0755 e. The monoisotopic (exact) mass is 498 g/mol. The molecule has 1 aliphatic heterocycles. The summed E-state index contributed by atoms with van der Waals surface area (Å²) in [7, 11) is 0. The van der Waals surface area contributed by atoms with Crippen LogP contribution in [-0.4, -0.2) is 0 Å². The van der Waals surface area contributed by atoms with E-state index in [1.54, 1.807) is 0 Å². The van der Waals surface area contributed by atoms with Gasteiger partial charge in [0, 0.05) is 11.4 Å². The molecule has 1 heterocycles. The van der Waals surface area contributed by atoms with Crippen LogP contribution in [0.5, 0.6) is 0 Å². The molecule has 1 spiro atoms. The second kappa shape index (κ2) is 8.47. The van der Waals surface area contributed by atoms with Gasteiger partial charge in [0.05, 0.1) is 22.5 Å². The molecule has 8 rings (SSSR count). The molecule has 184 valence electrons. The topological polar surface area (TPSA) is 15.3 Å². The molecule has 0 unspecified atom stereocenters. The first-order valence-electron chi connectivity index (χ1n) is 13.5. The van der Waals surface area contributed by atoms with Crippen molar-refractivity contribution in [3.05, 3.63) is 174 Å². The minimum Gasteiger partial charge on any atom is -0.354 e. The standard InChI is InChI=1S/C37H26N2/c1-3-14-26(15-4-1)38-34-24-13-23-33-36(34)39(27-16-5-2-6-17-27)35-25-12-11-22-32(35)37(33)30-20-9-7-18-28(30)29-19-8-10-21-31(29)37/h1-25,38H. The molecule has 1 N–H and O–H groups in total. The van der Waals surface area contributed by atoms with E-state index in [1.165, 1.54) is 44.8 Å². The van der Waals surface area contributed by atoms with Gasteiger partial charge in [-0.15, -0.1) is 0 Å². The second-order valence-electron chi connectivity index (χ2n) is 10.2. The van der Waals surface area contributed by atoms with Gasteiger partial charge in [-0.25, -0.2) is 0 Å². The molecular formula is C37H26N2. The van der Waals surface area contributed by atoms with Crippen molar-refractivity contribution in [2.45, 2.75) is 5.41 Å². The van der Waals surface area contributed by atoms with E-state index in [9.17, 15) is 0 Å². The second-order valence-corrected chi connectivity index (χ2v) is 10.2. The van der Waals surface area contributed by atoms with Crippen molar-refractivity contribution in [2.24, 2.45) is 0 Å². The van der Waals surface area contributed by atoms with Crippen molar-refractivity contribution in [1.82, 2.24) is 0 Å². The number of fused-ring (bicyclic) bond motifs is 9. The van der Waals surface area contributed by atoms with Crippen molar-refractivity contribution in [1.29, 1.82) is 0 Å². The fourth-order valence-corrected chi connectivity index (χ4v) is 6.78. The summed E-state index contributed by atoms with van der Waals surface area (Å²) in [5.74, 6) is 0. The third-order valence-corrected chi connectivity index (χ3v) is 8.23. The zero-order valence-electron chi connectivity index (χ0n) is 21.4. The van der Waals surface area contributed by atoms with Crippen molar-refractivity contribution < 1.29 is 0 Å². The molecule has 1 aliphatic carbocycles. The number of rotatable bonds is 3. The quantitative estimate of drug-likeness (QED) is 0.261. The van der Waals surface area contributed by atoms with E-state index in [4.69, 9.17) is 0 Å². The molecule has 2 nitrogen and oxygen atoms in total. The van der Waals surface area contributed by atoms with Gasteiger partial charge in [-0.2, -0.15) is 0 Å². The predicted molar refractivity (Wildman–Crippen MR) is 162 cm³/mol. The number of nitrogens with zero attached hydrogens (tertiary/aromatic N) is 1. The first-order valence-corrected chi connectivity index (χ1v) is 13.5. The van der Waals surface area contributed by atoms with E-state index in [1.807, 2.05) is 0 Å². The highest BCUT2D eigenvalue weighted by Gasteiger charge is 2.52. The molecule has 0 fully saturated rings. The maximum atomic E-state index is 3.78. The smallest absolute Gasteiger partial charge is 0.0755 e. The average Bonchev–Trinajstić information content (AvgIpc) is 3.30. The first kappa shape index (κ1) is 22.0. The highest BCUT2D eigenvalue weighted by atomic mass is 15.2. The van der Waals surface area contributed by atoms with E-state index >= 15 is 0 Å². The summed E-state index contributed by atoms with van der Waals surface area (Å²) in [5.41, 5.74) is 13.1. The fraction of sp³-hybridized carbons (Fsp3) is 0.0270. The average molecular weight is 499 g/mol. The lowest BCUT2D eigenvalue weighted by atomic mass is 9.64. The van der Waals surface area contributed by atoms with Crippen LogP contribution in [0, 0.1) is 0 Å². The van der Waals surface area contributed by atoms with E-state index in [0.29, 0.717) is 0 Å². The Morgan fingerprint density at radius 3 is 1.67 bits per heavy atom. The molecule has 0 saturated carbocycles. The molecule has 0 bridgehead atoms. The van der Waals surface area contributed by atoms with Crippen molar-refractivity contribution in [3.63, 3.8) is 0 Å². The fourth-order valence-electron chi connectivity index (χ4n) is 6.78. The van der Waals surface area contributed by atoms with Crippen LogP contribution in [0.25, 0.3) is 11.1 Å². The molecule has 0 amide bonds. The van der Waals surface area contributed by atoms with E-state index < -0.39 is 5.41 Å². The summed E-state index contributed by atoms with van der Waals surface area (Å²) in [6.07, 6.45) is 0. The molecule has 0 atom stereocenters. The van der Waals surface area contributed by atoms with Crippen LogP contribution in [0.15, 0.2) is 152 Å². The minimum absolute atomic E-state index is 0.432. The van der Waals surface area contributed by atoms with Crippen molar-refractivity contribution in [3.8, 4) is 11.1 Å². The molecule has 6 aromatic carbocycles. The molecule has 2 aliphatic rings. The van der Waals surface area contributed by atoms with Crippen LogP contribution in [0.2, 0.25) is 0 Å². The maximum absolute atomic E-state index is 3.78. The Labute approximate surface area is 228 Å². The summed E-state index contributed by atoms with van der Waals surface area (Å²) in [6, 6.07) is 54.8. The van der Waals surface area contributed by atoms with Crippen LogP contribution in [0.3, 0.4) is 0 Å². The van der Waals surface area contributed by atoms with E-state index in [-0.39, 0.29) is 0 Å². The molecule has 0 saturated heterocycles. The lowest BCUT2D eigenvalue weighted by molar-refractivity contribution is 0.753. The number of hydrogen-bond donors (Lipinski definition) is 1. The van der Waals surface area contributed by atoms with Gasteiger partial charge in [-0.3, -0.25) is 0 Å². The van der Waals surface area contributed by atoms with Gasteiger partial charge in [0.2, 0.25) is 0 Å². The van der Waals surface area contributed by atoms with Gasteiger partial charge < -0.3 is 10.2 Å². The Morgan fingerprint density at radius 1 is 0.436 bits per heavy atom. The minimum atomic E-state index is -0.432. The lowest BCUT2D eigenvalue weighted by Gasteiger charge is -2.45. The van der Waals surface area contributed by atoms with E-state index in [2.05, 4.69) is 162 Å². The largest absolute Gasteiger partial charge is 0.354 e. The van der Waals surface area contributed by atoms with Crippen LogP contribution in [0.4, 0.5) is 28.4 Å². The van der Waals surface area contributed by atoms with Gasteiger partial charge >= 0.3 is 0 Å². The van der Waals surface area contributed by atoms with Crippen molar-refractivity contribution in [2.75, 3.05) is 10.2 Å². The highest BCUT2D eigenvalue weighted by Crippen LogP contribution is 2.64. The summed E-state index contributed by atoms with van der Waals surface area (Å²) < 4.78 is 0. The summed E-state index contributed by atoms with van der Waals surface area (Å²) >= 11 is 0. The number of anilines is 5.